The van der Waals surface area contributed by atoms with Crippen LogP contribution in [-0.4, -0.2) is 35.8 Å². The minimum absolute atomic E-state index is 0.248. The second-order valence-electron chi connectivity index (χ2n) is 3.65. The van der Waals surface area contributed by atoms with Gasteiger partial charge in [0.25, 0.3) is 0 Å². The van der Waals surface area contributed by atoms with Crippen LogP contribution in [0.2, 0.25) is 0 Å². The van der Waals surface area contributed by atoms with Gasteiger partial charge in [0.15, 0.2) is 0 Å². The van der Waals surface area contributed by atoms with E-state index in [9.17, 15) is 0 Å². The van der Waals surface area contributed by atoms with E-state index in [0.29, 0.717) is 6.04 Å². The molecule has 2 unspecified atom stereocenters. The molecule has 1 aliphatic rings. The van der Waals surface area contributed by atoms with E-state index < -0.39 is 0 Å². The maximum absolute atomic E-state index is 5.47. The van der Waals surface area contributed by atoms with Crippen LogP contribution in [0, 0.1) is 0 Å². The maximum Gasteiger partial charge on any atom is 0.131 e. The molecule has 1 aromatic heterocycles. The summed E-state index contributed by atoms with van der Waals surface area (Å²) in [6.07, 6.45) is 2.83. The first-order valence-electron chi connectivity index (χ1n) is 5.17. The lowest BCUT2D eigenvalue weighted by molar-refractivity contribution is 0.121. The standard InChI is InChI=1S/C10H16N4O/c1-7-8(3-4-15-7)14-10-5-9(11-2)12-6-13-10/h5-8H,3-4H2,1-2H3,(H2,11,12,13,14). The van der Waals surface area contributed by atoms with E-state index in [2.05, 4.69) is 27.5 Å². The highest BCUT2D eigenvalue weighted by Crippen LogP contribution is 2.18. The average Bonchev–Trinajstić information content (AvgIpc) is 2.65. The molecule has 15 heavy (non-hydrogen) atoms. The number of nitrogens with zero attached hydrogens (tertiary/aromatic N) is 2. The molecule has 2 heterocycles. The van der Waals surface area contributed by atoms with Gasteiger partial charge in [0, 0.05) is 19.7 Å². The molecule has 0 radical (unpaired) electrons. The van der Waals surface area contributed by atoms with Crippen molar-refractivity contribution >= 4 is 11.6 Å². The van der Waals surface area contributed by atoms with Crippen molar-refractivity contribution in [3.8, 4) is 0 Å². The highest BCUT2D eigenvalue weighted by molar-refractivity contribution is 5.46. The number of anilines is 2. The van der Waals surface area contributed by atoms with E-state index in [0.717, 1.165) is 24.7 Å². The number of hydrogen-bond acceptors (Lipinski definition) is 5. The van der Waals surface area contributed by atoms with Gasteiger partial charge in [0.05, 0.1) is 12.1 Å². The number of hydrogen-bond donors (Lipinski definition) is 2. The summed E-state index contributed by atoms with van der Waals surface area (Å²) in [5.74, 6) is 1.66. The lowest BCUT2D eigenvalue weighted by Gasteiger charge is -2.16. The second-order valence-corrected chi connectivity index (χ2v) is 3.65. The van der Waals surface area contributed by atoms with E-state index in [1.54, 1.807) is 6.33 Å². The fourth-order valence-electron chi connectivity index (χ4n) is 1.68. The molecule has 1 saturated heterocycles. The zero-order valence-electron chi connectivity index (χ0n) is 9.03. The number of rotatable bonds is 3. The van der Waals surface area contributed by atoms with E-state index in [-0.39, 0.29) is 6.10 Å². The smallest absolute Gasteiger partial charge is 0.131 e. The molecular weight excluding hydrogens is 192 g/mol. The van der Waals surface area contributed by atoms with E-state index in [1.165, 1.54) is 0 Å². The lowest BCUT2D eigenvalue weighted by Crippen LogP contribution is -2.27. The van der Waals surface area contributed by atoms with Crippen molar-refractivity contribution in [3.05, 3.63) is 12.4 Å². The van der Waals surface area contributed by atoms with Gasteiger partial charge in [-0.2, -0.15) is 0 Å². The quantitative estimate of drug-likeness (QED) is 0.779. The van der Waals surface area contributed by atoms with Crippen LogP contribution in [0.5, 0.6) is 0 Å². The minimum atomic E-state index is 0.248. The summed E-state index contributed by atoms with van der Waals surface area (Å²) in [7, 11) is 1.84. The molecule has 0 spiro atoms. The Morgan fingerprint density at radius 2 is 2.20 bits per heavy atom. The second kappa shape index (κ2) is 4.44. The lowest BCUT2D eigenvalue weighted by atomic mass is 10.1. The van der Waals surface area contributed by atoms with Gasteiger partial charge in [-0.05, 0) is 13.3 Å². The normalized spacial score (nSPS) is 25.2. The Morgan fingerprint density at radius 1 is 1.40 bits per heavy atom. The minimum Gasteiger partial charge on any atom is -0.376 e. The molecule has 1 fully saturated rings. The van der Waals surface area contributed by atoms with Crippen molar-refractivity contribution in [2.24, 2.45) is 0 Å². The molecule has 0 aromatic carbocycles. The van der Waals surface area contributed by atoms with Crippen LogP contribution in [0.15, 0.2) is 12.4 Å². The van der Waals surface area contributed by atoms with Crippen molar-refractivity contribution in [2.45, 2.75) is 25.5 Å². The third kappa shape index (κ3) is 2.36. The Balaban J connectivity index is 2.03. The first kappa shape index (κ1) is 10.2. The van der Waals surface area contributed by atoms with Gasteiger partial charge in [-0.1, -0.05) is 0 Å². The molecule has 0 saturated carbocycles. The molecule has 5 nitrogen and oxygen atoms in total. The topological polar surface area (TPSA) is 59.1 Å². The Kier molecular flexibility index (Phi) is 3.01. The van der Waals surface area contributed by atoms with Gasteiger partial charge in [-0.3, -0.25) is 0 Å². The van der Waals surface area contributed by atoms with Crippen molar-refractivity contribution < 1.29 is 4.74 Å². The Hall–Kier alpha value is -1.36. The van der Waals surface area contributed by atoms with E-state index in [1.807, 2.05) is 13.1 Å². The van der Waals surface area contributed by atoms with Crippen LogP contribution in [0.1, 0.15) is 13.3 Å². The van der Waals surface area contributed by atoms with Crippen LogP contribution in [0.25, 0.3) is 0 Å². The summed E-state index contributed by atoms with van der Waals surface area (Å²) in [6.45, 7) is 2.90. The van der Waals surface area contributed by atoms with Crippen molar-refractivity contribution in [2.75, 3.05) is 24.3 Å². The van der Waals surface area contributed by atoms with Crippen molar-refractivity contribution in [1.82, 2.24) is 9.97 Å². The summed E-state index contributed by atoms with van der Waals surface area (Å²) >= 11 is 0. The highest BCUT2D eigenvalue weighted by atomic mass is 16.5. The number of nitrogens with one attached hydrogen (secondary N) is 2. The van der Waals surface area contributed by atoms with Crippen molar-refractivity contribution in [3.63, 3.8) is 0 Å². The first-order chi connectivity index (χ1) is 7.29. The predicted octanol–water partition coefficient (Wildman–Crippen LogP) is 1.11. The SMILES string of the molecule is CNc1cc(NC2CCOC2C)ncn1. The molecule has 5 heteroatoms. The molecule has 0 aliphatic carbocycles. The number of ether oxygens (including phenoxy) is 1. The van der Waals surface area contributed by atoms with E-state index in [4.69, 9.17) is 4.74 Å². The highest BCUT2D eigenvalue weighted by Gasteiger charge is 2.24. The monoisotopic (exact) mass is 208 g/mol. The molecular formula is C10H16N4O. The largest absolute Gasteiger partial charge is 0.376 e. The van der Waals surface area contributed by atoms with Crippen LogP contribution in [0.4, 0.5) is 11.6 Å². The fourth-order valence-corrected chi connectivity index (χ4v) is 1.68. The maximum atomic E-state index is 5.47. The molecule has 2 N–H and O–H groups in total. The summed E-state index contributed by atoms with van der Waals surface area (Å²) in [5, 5.41) is 6.33. The van der Waals surface area contributed by atoms with Gasteiger partial charge < -0.3 is 15.4 Å². The molecule has 2 atom stereocenters. The Bertz CT molecular complexity index is 331. The van der Waals surface area contributed by atoms with Gasteiger partial charge in [0.2, 0.25) is 0 Å². The summed E-state index contributed by atoms with van der Waals surface area (Å²) in [4.78, 5) is 8.23. The molecule has 0 amide bonds. The first-order valence-corrected chi connectivity index (χ1v) is 5.17. The van der Waals surface area contributed by atoms with Gasteiger partial charge in [-0.15, -0.1) is 0 Å². The Labute approximate surface area is 89.3 Å². The van der Waals surface area contributed by atoms with Crippen LogP contribution in [0.3, 0.4) is 0 Å². The van der Waals surface area contributed by atoms with Crippen molar-refractivity contribution in [1.29, 1.82) is 0 Å². The average molecular weight is 208 g/mol. The fraction of sp³-hybridized carbons (Fsp3) is 0.600. The zero-order chi connectivity index (χ0) is 10.7. The third-order valence-corrected chi connectivity index (χ3v) is 2.63. The van der Waals surface area contributed by atoms with Crippen LogP contribution >= 0.6 is 0 Å². The molecule has 0 bridgehead atoms. The van der Waals surface area contributed by atoms with Gasteiger partial charge in [-0.25, -0.2) is 9.97 Å². The summed E-state index contributed by atoms with van der Waals surface area (Å²) in [6, 6.07) is 2.25. The molecule has 1 aromatic rings. The van der Waals surface area contributed by atoms with E-state index >= 15 is 0 Å². The van der Waals surface area contributed by atoms with Gasteiger partial charge >= 0.3 is 0 Å². The summed E-state index contributed by atoms with van der Waals surface area (Å²) in [5.41, 5.74) is 0. The predicted molar refractivity (Wildman–Crippen MR) is 59.0 cm³/mol. The third-order valence-electron chi connectivity index (χ3n) is 2.63. The van der Waals surface area contributed by atoms with Crippen LogP contribution in [-0.2, 0) is 4.74 Å². The van der Waals surface area contributed by atoms with Crippen LogP contribution < -0.4 is 10.6 Å². The molecule has 82 valence electrons. The number of aromatic nitrogens is 2. The summed E-state index contributed by atoms with van der Waals surface area (Å²) < 4.78 is 5.47. The Morgan fingerprint density at radius 3 is 2.87 bits per heavy atom. The van der Waals surface area contributed by atoms with Gasteiger partial charge in [0.1, 0.15) is 18.0 Å². The molecule has 2 rings (SSSR count). The zero-order valence-corrected chi connectivity index (χ0v) is 9.03. The molecule has 1 aliphatic heterocycles.